The van der Waals surface area contributed by atoms with Gasteiger partial charge in [0.2, 0.25) is 0 Å². The van der Waals surface area contributed by atoms with Crippen molar-refractivity contribution in [3.05, 3.63) is 28.2 Å². The summed E-state index contributed by atoms with van der Waals surface area (Å²) in [4.78, 5) is 0. The Morgan fingerprint density at radius 3 is 2.69 bits per heavy atom. The third-order valence-electron chi connectivity index (χ3n) is 2.46. The Kier molecular flexibility index (Phi) is 6.97. The maximum Gasteiger partial charge on any atom is 0.123 e. The normalized spacial score (nSPS) is 10.4. The average Bonchev–Trinajstić information content (AvgIpc) is 2.28. The molecule has 0 amide bonds. The second-order valence-corrected chi connectivity index (χ2v) is 5.26. The summed E-state index contributed by atoms with van der Waals surface area (Å²) in [5.41, 5.74) is 1.19. The summed E-state index contributed by atoms with van der Waals surface area (Å²) in [5.74, 6) is 1.98. The summed E-state index contributed by atoms with van der Waals surface area (Å²) in [5, 5.41) is 0. The van der Waals surface area contributed by atoms with E-state index < -0.39 is 0 Å². The van der Waals surface area contributed by atoms with Crippen LogP contribution in [-0.4, -0.2) is 12.4 Å². The smallest absolute Gasteiger partial charge is 0.123 e. The van der Waals surface area contributed by atoms with Crippen LogP contribution in [0.25, 0.3) is 0 Å². The van der Waals surface area contributed by atoms with Crippen molar-refractivity contribution >= 4 is 28.6 Å². The molecule has 1 aromatic carbocycles. The zero-order valence-electron chi connectivity index (χ0n) is 9.71. The molecule has 0 fully saturated rings. The first-order valence-corrected chi connectivity index (χ1v) is 7.16. The van der Waals surface area contributed by atoms with Crippen molar-refractivity contribution in [2.24, 2.45) is 0 Å². The highest BCUT2D eigenvalue weighted by Gasteiger charge is 1.99. The molecule has 0 aliphatic carbocycles. The van der Waals surface area contributed by atoms with Crippen LogP contribution in [0.2, 0.25) is 0 Å². The summed E-state index contributed by atoms with van der Waals surface area (Å²) >= 11 is 7.64. The Labute approximate surface area is 112 Å². The van der Waals surface area contributed by atoms with Gasteiger partial charge in [-0.15, -0.1) is 0 Å². The van der Waals surface area contributed by atoms with Crippen LogP contribution in [0.1, 0.15) is 31.2 Å². The minimum atomic E-state index is 0.809. The number of thiol groups is 1. The van der Waals surface area contributed by atoms with Gasteiger partial charge in [-0.05, 0) is 43.2 Å². The maximum absolute atomic E-state index is 5.75. The Morgan fingerprint density at radius 1 is 1.19 bits per heavy atom. The predicted octanol–water partition coefficient (Wildman–Crippen LogP) is 4.63. The van der Waals surface area contributed by atoms with Crippen molar-refractivity contribution in [2.75, 3.05) is 12.4 Å². The molecular formula is C13H19BrOS. The van der Waals surface area contributed by atoms with E-state index in [0.29, 0.717) is 0 Å². The molecular weight excluding hydrogens is 284 g/mol. The van der Waals surface area contributed by atoms with Crippen LogP contribution in [0.15, 0.2) is 22.7 Å². The molecule has 0 spiro atoms. The van der Waals surface area contributed by atoms with E-state index in [1.807, 2.05) is 12.1 Å². The lowest BCUT2D eigenvalue weighted by molar-refractivity contribution is 0.303. The van der Waals surface area contributed by atoms with Crippen molar-refractivity contribution in [1.82, 2.24) is 0 Å². The lowest BCUT2D eigenvalue weighted by atomic mass is 10.2. The van der Waals surface area contributed by atoms with Crippen molar-refractivity contribution in [3.8, 4) is 5.75 Å². The second kappa shape index (κ2) is 8.02. The van der Waals surface area contributed by atoms with Gasteiger partial charge in [-0.2, -0.15) is 12.6 Å². The third kappa shape index (κ3) is 5.26. The van der Waals surface area contributed by atoms with Crippen LogP contribution < -0.4 is 4.74 Å². The SMILES string of the molecule is Cc1ccc(Br)cc1OCCCCCCS. The first-order valence-electron chi connectivity index (χ1n) is 5.74. The predicted molar refractivity (Wildman–Crippen MR) is 76.7 cm³/mol. The lowest BCUT2D eigenvalue weighted by Gasteiger charge is -2.09. The Balaban J connectivity index is 2.23. The molecule has 90 valence electrons. The van der Waals surface area contributed by atoms with Gasteiger partial charge in [0.25, 0.3) is 0 Å². The highest BCUT2D eigenvalue weighted by atomic mass is 79.9. The van der Waals surface area contributed by atoms with Gasteiger partial charge < -0.3 is 4.74 Å². The molecule has 0 aliphatic rings. The van der Waals surface area contributed by atoms with Gasteiger partial charge in [-0.25, -0.2) is 0 Å². The van der Waals surface area contributed by atoms with E-state index >= 15 is 0 Å². The highest BCUT2D eigenvalue weighted by Crippen LogP contribution is 2.23. The van der Waals surface area contributed by atoms with E-state index in [1.54, 1.807) is 0 Å². The first-order chi connectivity index (χ1) is 7.74. The fourth-order valence-electron chi connectivity index (χ4n) is 1.48. The fraction of sp³-hybridized carbons (Fsp3) is 0.538. The monoisotopic (exact) mass is 302 g/mol. The molecule has 0 unspecified atom stereocenters. The number of unbranched alkanes of at least 4 members (excludes halogenated alkanes) is 3. The number of rotatable bonds is 7. The van der Waals surface area contributed by atoms with E-state index in [-0.39, 0.29) is 0 Å². The zero-order valence-corrected chi connectivity index (χ0v) is 12.2. The van der Waals surface area contributed by atoms with Crippen LogP contribution in [-0.2, 0) is 0 Å². The van der Waals surface area contributed by atoms with Gasteiger partial charge in [0.05, 0.1) is 6.61 Å². The minimum Gasteiger partial charge on any atom is -0.493 e. The number of aryl methyl sites for hydroxylation is 1. The van der Waals surface area contributed by atoms with Gasteiger partial charge in [0, 0.05) is 4.47 Å². The van der Waals surface area contributed by atoms with Crippen LogP contribution in [0.3, 0.4) is 0 Å². The molecule has 1 rings (SSSR count). The lowest BCUT2D eigenvalue weighted by Crippen LogP contribution is -1.98. The molecule has 0 aliphatic heterocycles. The maximum atomic E-state index is 5.75. The van der Waals surface area contributed by atoms with Crippen LogP contribution in [0, 0.1) is 6.92 Å². The van der Waals surface area contributed by atoms with Gasteiger partial charge in [-0.3, -0.25) is 0 Å². The molecule has 3 heteroatoms. The standard InChI is InChI=1S/C13H19BrOS/c1-11-6-7-12(14)10-13(11)15-8-4-2-3-5-9-16/h6-7,10,16H,2-5,8-9H2,1H3. The largest absolute Gasteiger partial charge is 0.493 e. The topological polar surface area (TPSA) is 9.23 Å². The molecule has 16 heavy (non-hydrogen) atoms. The van der Waals surface area contributed by atoms with E-state index in [0.717, 1.165) is 29.0 Å². The fourth-order valence-corrected chi connectivity index (χ4v) is 2.04. The van der Waals surface area contributed by atoms with Crippen LogP contribution in [0.5, 0.6) is 5.75 Å². The Bertz CT molecular complexity index is 315. The summed E-state index contributed by atoms with van der Waals surface area (Å²) < 4.78 is 6.82. The van der Waals surface area contributed by atoms with Crippen molar-refractivity contribution in [2.45, 2.75) is 32.6 Å². The minimum absolute atomic E-state index is 0.809. The molecule has 0 aromatic heterocycles. The molecule has 0 N–H and O–H groups in total. The van der Waals surface area contributed by atoms with Gasteiger partial charge in [-0.1, -0.05) is 34.8 Å². The van der Waals surface area contributed by atoms with E-state index in [1.165, 1.54) is 24.8 Å². The summed E-state index contributed by atoms with van der Waals surface area (Å²) in [6.45, 7) is 2.88. The number of ether oxygens (including phenoxy) is 1. The Hall–Kier alpha value is -0.150. The van der Waals surface area contributed by atoms with Crippen LogP contribution >= 0.6 is 28.6 Å². The first kappa shape index (κ1) is 13.9. The Morgan fingerprint density at radius 2 is 1.94 bits per heavy atom. The van der Waals surface area contributed by atoms with Gasteiger partial charge in [0.1, 0.15) is 5.75 Å². The number of hydrogen-bond acceptors (Lipinski definition) is 2. The number of halogens is 1. The zero-order chi connectivity index (χ0) is 11.8. The molecule has 0 heterocycles. The molecule has 1 aromatic rings. The quantitative estimate of drug-likeness (QED) is 0.571. The molecule has 0 saturated carbocycles. The van der Waals surface area contributed by atoms with E-state index in [4.69, 9.17) is 4.74 Å². The average molecular weight is 303 g/mol. The summed E-state index contributed by atoms with van der Waals surface area (Å²) in [7, 11) is 0. The van der Waals surface area contributed by atoms with E-state index in [9.17, 15) is 0 Å². The number of hydrogen-bond donors (Lipinski definition) is 1. The third-order valence-corrected chi connectivity index (χ3v) is 3.27. The molecule has 0 radical (unpaired) electrons. The molecule has 1 nitrogen and oxygen atoms in total. The second-order valence-electron chi connectivity index (χ2n) is 3.90. The van der Waals surface area contributed by atoms with E-state index in [2.05, 4.69) is 41.5 Å². The summed E-state index contributed by atoms with van der Waals surface area (Å²) in [6.07, 6.45) is 4.82. The molecule has 0 saturated heterocycles. The van der Waals surface area contributed by atoms with Crippen molar-refractivity contribution in [3.63, 3.8) is 0 Å². The molecule has 0 bridgehead atoms. The van der Waals surface area contributed by atoms with Crippen molar-refractivity contribution < 1.29 is 4.74 Å². The molecule has 0 atom stereocenters. The summed E-state index contributed by atoms with van der Waals surface area (Å²) in [6, 6.07) is 6.14. The van der Waals surface area contributed by atoms with Gasteiger partial charge >= 0.3 is 0 Å². The number of benzene rings is 1. The highest BCUT2D eigenvalue weighted by molar-refractivity contribution is 9.10. The van der Waals surface area contributed by atoms with Crippen LogP contribution in [0.4, 0.5) is 0 Å². The van der Waals surface area contributed by atoms with Crippen molar-refractivity contribution in [1.29, 1.82) is 0 Å². The van der Waals surface area contributed by atoms with Gasteiger partial charge in [0.15, 0.2) is 0 Å².